The second-order valence-corrected chi connectivity index (χ2v) is 8.03. The van der Waals surface area contributed by atoms with Gasteiger partial charge in [-0.2, -0.15) is 0 Å². The first kappa shape index (κ1) is 22.0. The summed E-state index contributed by atoms with van der Waals surface area (Å²) in [6.45, 7) is 0.800. The highest BCUT2D eigenvalue weighted by atomic mass is 19.1. The normalized spacial score (nSPS) is 19.8. The predicted octanol–water partition coefficient (Wildman–Crippen LogP) is 4.01. The standard InChI is InChI=1S/C25H27FN2O4/c1-31-13-12-27-25(30)28-18-9-11-22(28)23(24(29)32-2)20(15-18)17-8-10-19(21(26)14-17)16-6-4-3-5-7-16/h3-8,10,14,18,22H,9,11-13,15H2,1-2H3,(H,27,30). The first-order chi connectivity index (χ1) is 15.5. The molecule has 0 aromatic heterocycles. The van der Waals surface area contributed by atoms with Crippen molar-refractivity contribution in [2.24, 2.45) is 0 Å². The Hall–Kier alpha value is -3.19. The molecule has 0 aliphatic carbocycles. The number of rotatable bonds is 6. The zero-order chi connectivity index (χ0) is 22.7. The summed E-state index contributed by atoms with van der Waals surface area (Å²) in [7, 11) is 2.90. The summed E-state index contributed by atoms with van der Waals surface area (Å²) in [5, 5.41) is 2.85. The van der Waals surface area contributed by atoms with Gasteiger partial charge in [0.25, 0.3) is 0 Å². The van der Waals surface area contributed by atoms with E-state index >= 15 is 4.39 Å². The van der Waals surface area contributed by atoms with Crippen molar-refractivity contribution in [3.8, 4) is 11.1 Å². The topological polar surface area (TPSA) is 67.9 Å². The summed E-state index contributed by atoms with van der Waals surface area (Å²) >= 11 is 0. The molecule has 7 heteroatoms. The summed E-state index contributed by atoms with van der Waals surface area (Å²) in [5.74, 6) is -0.829. The minimum atomic E-state index is -0.479. The van der Waals surface area contributed by atoms with E-state index in [-0.39, 0.29) is 17.9 Å². The zero-order valence-corrected chi connectivity index (χ0v) is 18.3. The molecule has 0 radical (unpaired) electrons. The van der Waals surface area contributed by atoms with E-state index in [0.717, 1.165) is 17.6 Å². The van der Waals surface area contributed by atoms with Crippen LogP contribution >= 0.6 is 0 Å². The third-order valence-electron chi connectivity index (χ3n) is 6.23. The maximum absolute atomic E-state index is 15.1. The second-order valence-electron chi connectivity index (χ2n) is 8.03. The van der Waals surface area contributed by atoms with Crippen LogP contribution in [0.2, 0.25) is 0 Å². The van der Waals surface area contributed by atoms with E-state index in [2.05, 4.69) is 5.32 Å². The fourth-order valence-electron chi connectivity index (χ4n) is 4.77. The first-order valence-corrected chi connectivity index (χ1v) is 10.8. The lowest BCUT2D eigenvalue weighted by Gasteiger charge is -2.37. The number of nitrogens with one attached hydrogen (secondary N) is 1. The van der Waals surface area contributed by atoms with E-state index in [0.29, 0.717) is 42.7 Å². The molecule has 2 aliphatic heterocycles. The molecule has 0 saturated carbocycles. The van der Waals surface area contributed by atoms with Gasteiger partial charge in [-0.05, 0) is 42.0 Å². The van der Waals surface area contributed by atoms with Crippen molar-refractivity contribution < 1.29 is 23.5 Å². The Morgan fingerprint density at radius 2 is 1.88 bits per heavy atom. The van der Waals surface area contributed by atoms with Crippen molar-refractivity contribution in [3.05, 3.63) is 65.5 Å². The van der Waals surface area contributed by atoms with Crippen LogP contribution in [0, 0.1) is 5.82 Å². The molecule has 4 rings (SSSR count). The van der Waals surface area contributed by atoms with Crippen LogP contribution in [0.4, 0.5) is 9.18 Å². The Morgan fingerprint density at radius 3 is 2.56 bits per heavy atom. The molecule has 1 fully saturated rings. The average Bonchev–Trinajstić information content (AvgIpc) is 3.12. The van der Waals surface area contributed by atoms with Gasteiger partial charge in [-0.3, -0.25) is 0 Å². The number of esters is 1. The number of amides is 2. The van der Waals surface area contributed by atoms with Crippen molar-refractivity contribution in [3.63, 3.8) is 0 Å². The number of ether oxygens (including phenoxy) is 2. The third kappa shape index (κ3) is 4.12. The van der Waals surface area contributed by atoms with Crippen LogP contribution in [0.3, 0.4) is 0 Å². The molecule has 2 bridgehead atoms. The summed E-state index contributed by atoms with van der Waals surface area (Å²) in [4.78, 5) is 27.3. The van der Waals surface area contributed by atoms with Crippen molar-refractivity contribution in [1.82, 2.24) is 10.2 Å². The predicted molar refractivity (Wildman–Crippen MR) is 119 cm³/mol. The number of benzene rings is 2. The lowest BCUT2D eigenvalue weighted by Crippen LogP contribution is -2.51. The lowest BCUT2D eigenvalue weighted by atomic mass is 9.87. The highest BCUT2D eigenvalue weighted by Gasteiger charge is 2.46. The largest absolute Gasteiger partial charge is 0.466 e. The summed E-state index contributed by atoms with van der Waals surface area (Å²) in [5.41, 5.74) is 3.14. The number of urea groups is 1. The molecule has 2 aromatic carbocycles. The van der Waals surface area contributed by atoms with Gasteiger partial charge in [-0.15, -0.1) is 0 Å². The van der Waals surface area contributed by atoms with Crippen LogP contribution in [-0.2, 0) is 14.3 Å². The number of methoxy groups -OCH3 is 2. The molecule has 0 spiro atoms. The highest BCUT2D eigenvalue weighted by molar-refractivity contribution is 6.01. The van der Waals surface area contributed by atoms with Crippen LogP contribution in [0.5, 0.6) is 0 Å². The Balaban J connectivity index is 1.69. The molecule has 2 aliphatic rings. The molecular formula is C25H27FN2O4. The van der Waals surface area contributed by atoms with E-state index in [1.165, 1.54) is 13.2 Å². The molecule has 32 heavy (non-hydrogen) atoms. The van der Waals surface area contributed by atoms with E-state index in [4.69, 9.17) is 9.47 Å². The number of carbonyl (C=O) groups is 2. The maximum atomic E-state index is 15.1. The van der Waals surface area contributed by atoms with Gasteiger partial charge in [0.2, 0.25) is 0 Å². The van der Waals surface area contributed by atoms with Gasteiger partial charge in [0.05, 0.1) is 25.3 Å². The number of hydrogen-bond acceptors (Lipinski definition) is 4. The molecule has 6 nitrogen and oxygen atoms in total. The highest BCUT2D eigenvalue weighted by Crippen LogP contribution is 2.44. The molecule has 2 unspecified atom stereocenters. The lowest BCUT2D eigenvalue weighted by molar-refractivity contribution is -0.136. The minimum absolute atomic E-state index is 0.0530. The van der Waals surface area contributed by atoms with Crippen molar-refractivity contribution in [2.75, 3.05) is 27.4 Å². The first-order valence-electron chi connectivity index (χ1n) is 10.8. The molecular weight excluding hydrogens is 411 g/mol. The number of hydrogen-bond donors (Lipinski definition) is 1. The maximum Gasteiger partial charge on any atom is 0.336 e. The van der Waals surface area contributed by atoms with Gasteiger partial charge in [0.1, 0.15) is 5.82 Å². The van der Waals surface area contributed by atoms with Crippen molar-refractivity contribution in [2.45, 2.75) is 31.3 Å². The van der Waals surface area contributed by atoms with Crippen LogP contribution in [0.25, 0.3) is 16.7 Å². The summed E-state index contributed by atoms with van der Waals surface area (Å²) in [6.07, 6.45) is 1.92. The number of nitrogens with zero attached hydrogens (tertiary/aromatic N) is 1. The van der Waals surface area contributed by atoms with Gasteiger partial charge in [0.15, 0.2) is 0 Å². The Morgan fingerprint density at radius 1 is 1.09 bits per heavy atom. The molecule has 2 heterocycles. The van der Waals surface area contributed by atoms with Crippen LogP contribution in [-0.4, -0.2) is 56.4 Å². The summed E-state index contributed by atoms with van der Waals surface area (Å²) < 4.78 is 25.1. The van der Waals surface area contributed by atoms with E-state index < -0.39 is 12.0 Å². The molecule has 2 amide bonds. The fourth-order valence-corrected chi connectivity index (χ4v) is 4.77. The second kappa shape index (κ2) is 9.53. The molecule has 2 atom stereocenters. The average molecular weight is 438 g/mol. The van der Waals surface area contributed by atoms with Crippen molar-refractivity contribution >= 4 is 17.6 Å². The fraction of sp³-hybridized carbons (Fsp3) is 0.360. The molecule has 2 aromatic rings. The van der Waals surface area contributed by atoms with E-state index in [9.17, 15) is 9.59 Å². The molecule has 168 valence electrons. The van der Waals surface area contributed by atoms with Crippen molar-refractivity contribution in [1.29, 1.82) is 0 Å². The Labute approximate surface area is 187 Å². The van der Waals surface area contributed by atoms with Gasteiger partial charge in [-0.25, -0.2) is 14.0 Å². The van der Waals surface area contributed by atoms with Gasteiger partial charge in [0, 0.05) is 25.3 Å². The van der Waals surface area contributed by atoms with E-state index in [1.54, 1.807) is 18.1 Å². The molecule has 1 saturated heterocycles. The van der Waals surface area contributed by atoms with Gasteiger partial charge < -0.3 is 19.7 Å². The summed E-state index contributed by atoms with van der Waals surface area (Å²) in [6, 6.07) is 13.7. The quantitative estimate of drug-likeness (QED) is 0.547. The van der Waals surface area contributed by atoms with Gasteiger partial charge in [-0.1, -0.05) is 42.5 Å². The molecule has 1 N–H and O–H groups in total. The smallest absolute Gasteiger partial charge is 0.336 e. The Kier molecular flexibility index (Phi) is 6.55. The number of carbonyl (C=O) groups excluding carboxylic acids is 2. The number of fused-ring (bicyclic) bond motifs is 2. The third-order valence-corrected chi connectivity index (χ3v) is 6.23. The number of halogens is 1. The van der Waals surface area contributed by atoms with Crippen LogP contribution < -0.4 is 5.32 Å². The Bertz CT molecular complexity index is 1040. The van der Waals surface area contributed by atoms with Gasteiger partial charge >= 0.3 is 12.0 Å². The van der Waals surface area contributed by atoms with Crippen LogP contribution in [0.15, 0.2) is 54.1 Å². The van der Waals surface area contributed by atoms with E-state index in [1.807, 2.05) is 36.4 Å². The zero-order valence-electron chi connectivity index (χ0n) is 18.3. The minimum Gasteiger partial charge on any atom is -0.466 e. The monoisotopic (exact) mass is 438 g/mol. The van der Waals surface area contributed by atoms with Crippen LogP contribution in [0.1, 0.15) is 24.8 Å². The SMILES string of the molecule is COCCNC(=O)N1C2CCC1C(C(=O)OC)=C(c1ccc(-c3ccccc3)c(F)c1)C2.